The number of nitrogen functional groups attached to an aromatic ring is 1. The van der Waals surface area contributed by atoms with E-state index in [4.69, 9.17) is 17.3 Å². The second-order valence-corrected chi connectivity index (χ2v) is 7.31. The fourth-order valence-electron chi connectivity index (χ4n) is 3.73. The minimum Gasteiger partial charge on any atom is -0.368 e. The SMILES string of the molecule is Nc1ncc(-c2ccc(Cl)cc2)c([C@H]2CCCCN2Cc2ccncc2)n1. The lowest BCUT2D eigenvalue weighted by atomic mass is 9.93. The molecule has 0 spiro atoms. The van der Waals surface area contributed by atoms with E-state index in [1.165, 1.54) is 18.4 Å². The second-order valence-electron chi connectivity index (χ2n) is 6.87. The van der Waals surface area contributed by atoms with Gasteiger partial charge in [0.15, 0.2) is 0 Å². The van der Waals surface area contributed by atoms with Gasteiger partial charge in [-0.25, -0.2) is 9.97 Å². The number of nitrogens with two attached hydrogens (primary N) is 1. The number of hydrogen-bond acceptors (Lipinski definition) is 5. The predicted molar refractivity (Wildman–Crippen MR) is 108 cm³/mol. The van der Waals surface area contributed by atoms with Gasteiger partial charge in [-0.3, -0.25) is 9.88 Å². The number of aromatic nitrogens is 3. The van der Waals surface area contributed by atoms with Crippen LogP contribution in [-0.2, 0) is 6.54 Å². The maximum absolute atomic E-state index is 6.06. The van der Waals surface area contributed by atoms with Crippen LogP contribution in [0.3, 0.4) is 0 Å². The first-order chi connectivity index (χ1) is 13.2. The zero-order chi connectivity index (χ0) is 18.6. The third-order valence-electron chi connectivity index (χ3n) is 5.06. The lowest BCUT2D eigenvalue weighted by Gasteiger charge is -2.36. The Labute approximate surface area is 164 Å². The van der Waals surface area contributed by atoms with Gasteiger partial charge in [-0.2, -0.15) is 0 Å². The van der Waals surface area contributed by atoms with E-state index < -0.39 is 0 Å². The maximum atomic E-state index is 6.06. The molecule has 6 heteroatoms. The summed E-state index contributed by atoms with van der Waals surface area (Å²) in [6, 6.07) is 12.2. The van der Waals surface area contributed by atoms with Crippen LogP contribution in [0.25, 0.3) is 11.1 Å². The van der Waals surface area contributed by atoms with Crippen molar-refractivity contribution in [3.05, 3.63) is 71.3 Å². The van der Waals surface area contributed by atoms with Crippen LogP contribution in [-0.4, -0.2) is 26.4 Å². The standard InChI is InChI=1S/C21H22ClN5/c22-17-6-4-16(5-7-17)18-13-25-21(23)26-20(18)19-3-1-2-12-27(19)14-15-8-10-24-11-9-15/h4-11,13,19H,1-3,12,14H2,(H2,23,25,26)/t19-/m1/s1. The molecule has 1 atom stereocenters. The quantitative estimate of drug-likeness (QED) is 0.722. The Hall–Kier alpha value is -2.50. The molecular formula is C21H22ClN5. The Balaban J connectivity index is 1.71. The van der Waals surface area contributed by atoms with Crippen LogP contribution >= 0.6 is 11.6 Å². The monoisotopic (exact) mass is 379 g/mol. The zero-order valence-corrected chi connectivity index (χ0v) is 15.8. The summed E-state index contributed by atoms with van der Waals surface area (Å²) in [5.74, 6) is 0.317. The number of anilines is 1. The third-order valence-corrected chi connectivity index (χ3v) is 5.31. The Kier molecular flexibility index (Phi) is 5.32. The summed E-state index contributed by atoms with van der Waals surface area (Å²) in [5.41, 5.74) is 10.3. The van der Waals surface area contributed by atoms with Crippen molar-refractivity contribution in [2.24, 2.45) is 0 Å². The van der Waals surface area contributed by atoms with Crippen molar-refractivity contribution in [1.29, 1.82) is 0 Å². The first-order valence-corrected chi connectivity index (χ1v) is 9.60. The van der Waals surface area contributed by atoms with Crippen molar-refractivity contribution in [1.82, 2.24) is 19.9 Å². The Morgan fingerprint density at radius 2 is 1.85 bits per heavy atom. The first kappa shape index (κ1) is 17.9. The van der Waals surface area contributed by atoms with E-state index in [9.17, 15) is 0 Å². The molecule has 138 valence electrons. The van der Waals surface area contributed by atoms with E-state index in [1.807, 2.05) is 42.9 Å². The van der Waals surface area contributed by atoms with Gasteiger partial charge in [0.25, 0.3) is 0 Å². The van der Waals surface area contributed by atoms with Gasteiger partial charge in [-0.15, -0.1) is 0 Å². The Morgan fingerprint density at radius 1 is 1.07 bits per heavy atom. The summed E-state index contributed by atoms with van der Waals surface area (Å²) in [6.07, 6.45) is 8.95. The number of nitrogens with zero attached hydrogens (tertiary/aromatic N) is 4. The molecular weight excluding hydrogens is 358 g/mol. The number of pyridine rings is 1. The topological polar surface area (TPSA) is 67.9 Å². The maximum Gasteiger partial charge on any atom is 0.220 e. The van der Waals surface area contributed by atoms with E-state index >= 15 is 0 Å². The minimum atomic E-state index is 0.211. The van der Waals surface area contributed by atoms with Gasteiger partial charge in [-0.05, 0) is 54.8 Å². The van der Waals surface area contributed by atoms with Crippen molar-refractivity contribution in [2.45, 2.75) is 31.8 Å². The van der Waals surface area contributed by atoms with Crippen molar-refractivity contribution in [2.75, 3.05) is 12.3 Å². The highest BCUT2D eigenvalue weighted by Gasteiger charge is 2.28. The van der Waals surface area contributed by atoms with E-state index in [0.717, 1.165) is 36.3 Å². The molecule has 27 heavy (non-hydrogen) atoms. The molecule has 2 aromatic heterocycles. The molecule has 1 fully saturated rings. The van der Waals surface area contributed by atoms with Gasteiger partial charge in [-0.1, -0.05) is 30.2 Å². The molecule has 0 bridgehead atoms. The number of benzene rings is 1. The van der Waals surface area contributed by atoms with Crippen LogP contribution in [0.4, 0.5) is 5.95 Å². The summed E-state index contributed by atoms with van der Waals surface area (Å²) < 4.78 is 0. The summed E-state index contributed by atoms with van der Waals surface area (Å²) >= 11 is 6.06. The molecule has 2 N–H and O–H groups in total. The first-order valence-electron chi connectivity index (χ1n) is 9.22. The van der Waals surface area contributed by atoms with Gasteiger partial charge in [0.1, 0.15) is 0 Å². The van der Waals surface area contributed by atoms with Crippen LogP contribution in [0, 0.1) is 0 Å². The average molecular weight is 380 g/mol. The molecule has 1 saturated heterocycles. The Morgan fingerprint density at radius 3 is 2.63 bits per heavy atom. The van der Waals surface area contributed by atoms with Crippen molar-refractivity contribution in [3.8, 4) is 11.1 Å². The third kappa shape index (κ3) is 4.10. The number of likely N-dealkylation sites (tertiary alicyclic amines) is 1. The van der Waals surface area contributed by atoms with Crippen LogP contribution in [0.1, 0.15) is 36.6 Å². The summed E-state index contributed by atoms with van der Waals surface area (Å²) in [6.45, 7) is 1.91. The van der Waals surface area contributed by atoms with E-state index in [0.29, 0.717) is 11.0 Å². The van der Waals surface area contributed by atoms with Gasteiger partial charge in [0.2, 0.25) is 5.95 Å². The molecule has 5 nitrogen and oxygen atoms in total. The number of halogens is 1. The molecule has 1 aromatic carbocycles. The fraction of sp³-hybridized carbons (Fsp3) is 0.286. The Bertz CT molecular complexity index is 898. The molecule has 3 aromatic rings. The molecule has 0 amide bonds. The van der Waals surface area contributed by atoms with Crippen LogP contribution < -0.4 is 5.73 Å². The van der Waals surface area contributed by atoms with Gasteiger partial charge >= 0.3 is 0 Å². The molecule has 4 rings (SSSR count). The fourth-order valence-corrected chi connectivity index (χ4v) is 3.85. The molecule has 0 radical (unpaired) electrons. The highest BCUT2D eigenvalue weighted by molar-refractivity contribution is 6.30. The number of hydrogen-bond donors (Lipinski definition) is 1. The number of rotatable bonds is 4. The molecule has 3 heterocycles. The molecule has 1 aliphatic rings. The molecule has 0 unspecified atom stereocenters. The van der Waals surface area contributed by atoms with Crippen LogP contribution in [0.2, 0.25) is 5.02 Å². The smallest absolute Gasteiger partial charge is 0.220 e. The van der Waals surface area contributed by atoms with E-state index in [-0.39, 0.29) is 6.04 Å². The zero-order valence-electron chi connectivity index (χ0n) is 15.1. The highest BCUT2D eigenvalue weighted by atomic mass is 35.5. The minimum absolute atomic E-state index is 0.211. The van der Waals surface area contributed by atoms with Crippen LogP contribution in [0.15, 0.2) is 55.0 Å². The molecule has 1 aliphatic heterocycles. The molecule has 0 saturated carbocycles. The average Bonchev–Trinajstić information content (AvgIpc) is 2.70. The highest BCUT2D eigenvalue weighted by Crippen LogP contribution is 2.36. The largest absolute Gasteiger partial charge is 0.368 e. The summed E-state index contributed by atoms with van der Waals surface area (Å²) in [7, 11) is 0. The predicted octanol–water partition coefficient (Wildman–Crippen LogP) is 4.50. The van der Waals surface area contributed by atoms with Crippen LogP contribution in [0.5, 0.6) is 0 Å². The van der Waals surface area contributed by atoms with Crippen molar-refractivity contribution >= 4 is 17.5 Å². The van der Waals surface area contributed by atoms with E-state index in [1.54, 1.807) is 0 Å². The van der Waals surface area contributed by atoms with E-state index in [2.05, 4.69) is 32.0 Å². The lowest BCUT2D eigenvalue weighted by Crippen LogP contribution is -2.34. The second kappa shape index (κ2) is 8.03. The summed E-state index contributed by atoms with van der Waals surface area (Å²) in [4.78, 5) is 15.5. The molecule has 0 aliphatic carbocycles. The van der Waals surface area contributed by atoms with Gasteiger partial charge in [0.05, 0.1) is 11.7 Å². The van der Waals surface area contributed by atoms with Gasteiger partial charge < -0.3 is 5.73 Å². The lowest BCUT2D eigenvalue weighted by molar-refractivity contribution is 0.137. The normalized spacial score (nSPS) is 17.7. The van der Waals surface area contributed by atoms with Gasteiger partial charge in [0, 0.05) is 35.7 Å². The van der Waals surface area contributed by atoms with Crippen molar-refractivity contribution < 1.29 is 0 Å². The summed E-state index contributed by atoms with van der Waals surface area (Å²) in [5, 5.41) is 0.716. The van der Waals surface area contributed by atoms with Crippen molar-refractivity contribution in [3.63, 3.8) is 0 Å². The number of piperidine rings is 1.